The summed E-state index contributed by atoms with van der Waals surface area (Å²) in [5, 5.41) is 6.23. The average Bonchev–Trinajstić information content (AvgIpc) is 3.45. The topological polar surface area (TPSA) is 110 Å². The number of nitrogens with one attached hydrogen (secondary N) is 2. The van der Waals surface area contributed by atoms with E-state index >= 15 is 4.39 Å². The molecule has 0 unspecified atom stereocenters. The fourth-order valence-electron chi connectivity index (χ4n) is 4.27. The monoisotopic (exact) mass is 536 g/mol. The molecule has 0 amide bonds. The zero-order chi connectivity index (χ0) is 26.5. The Morgan fingerprint density at radius 1 is 0.947 bits per heavy atom. The highest BCUT2D eigenvalue weighted by Crippen LogP contribution is 2.42. The van der Waals surface area contributed by atoms with E-state index < -0.39 is 5.82 Å². The van der Waals surface area contributed by atoms with Gasteiger partial charge in [0, 0.05) is 31.1 Å². The van der Waals surface area contributed by atoms with E-state index in [0.717, 1.165) is 19.6 Å². The van der Waals surface area contributed by atoms with Crippen molar-refractivity contribution in [3.05, 3.63) is 65.7 Å². The molecule has 1 saturated heterocycles. The number of halogens is 2. The molecule has 0 atom stereocenters. The second-order valence-electron chi connectivity index (χ2n) is 8.64. The zero-order valence-corrected chi connectivity index (χ0v) is 21.7. The van der Waals surface area contributed by atoms with Crippen molar-refractivity contribution in [2.75, 3.05) is 37.9 Å². The Labute approximate surface area is 224 Å². The summed E-state index contributed by atoms with van der Waals surface area (Å²) in [6, 6.07) is 7.15. The number of benzene rings is 1. The number of pyridine rings is 1. The molecule has 4 aromatic rings. The van der Waals surface area contributed by atoms with Crippen molar-refractivity contribution in [2.24, 2.45) is 0 Å². The van der Waals surface area contributed by atoms with Gasteiger partial charge in [-0.05, 0) is 43.6 Å². The van der Waals surface area contributed by atoms with Crippen LogP contribution in [0.25, 0.3) is 11.3 Å². The van der Waals surface area contributed by atoms with Crippen LogP contribution in [0, 0.1) is 5.82 Å². The Hall–Kier alpha value is -4.09. The third kappa shape index (κ3) is 5.58. The molecule has 1 aliphatic rings. The van der Waals surface area contributed by atoms with E-state index in [-0.39, 0.29) is 28.0 Å². The van der Waals surface area contributed by atoms with Crippen LogP contribution in [0.3, 0.4) is 0 Å². The van der Waals surface area contributed by atoms with E-state index in [4.69, 9.17) is 21.1 Å². The van der Waals surface area contributed by atoms with Crippen LogP contribution in [0.15, 0.2) is 49.3 Å². The molecular formula is C26H26ClFN8O2. The van der Waals surface area contributed by atoms with Crippen LogP contribution in [0.1, 0.15) is 18.4 Å². The van der Waals surface area contributed by atoms with E-state index in [0.29, 0.717) is 22.9 Å². The summed E-state index contributed by atoms with van der Waals surface area (Å²) in [6.07, 6.45) is 8.59. The summed E-state index contributed by atoms with van der Waals surface area (Å²) in [5.74, 6) is 1.02. The maximum absolute atomic E-state index is 15.1. The van der Waals surface area contributed by atoms with Crippen LogP contribution in [0.4, 0.5) is 27.5 Å². The molecule has 196 valence electrons. The van der Waals surface area contributed by atoms with Gasteiger partial charge in [-0.15, -0.1) is 0 Å². The van der Waals surface area contributed by atoms with Crippen LogP contribution >= 0.6 is 11.6 Å². The van der Waals surface area contributed by atoms with E-state index in [1.165, 1.54) is 51.3 Å². The van der Waals surface area contributed by atoms with E-state index in [2.05, 4.69) is 40.5 Å². The lowest BCUT2D eigenvalue weighted by Crippen LogP contribution is -2.18. The minimum absolute atomic E-state index is 0.0302. The van der Waals surface area contributed by atoms with Gasteiger partial charge in [0.25, 0.3) is 0 Å². The van der Waals surface area contributed by atoms with Crippen LogP contribution in [-0.4, -0.2) is 57.1 Å². The van der Waals surface area contributed by atoms with Gasteiger partial charge in [-0.2, -0.15) is 0 Å². The number of nitrogens with zero attached hydrogens (tertiary/aromatic N) is 6. The maximum Gasteiger partial charge on any atom is 0.190 e. The summed E-state index contributed by atoms with van der Waals surface area (Å²) in [7, 11) is 2.79. The number of aromatic nitrogens is 5. The molecule has 2 N–H and O–H groups in total. The van der Waals surface area contributed by atoms with Gasteiger partial charge in [0.05, 0.1) is 25.5 Å². The van der Waals surface area contributed by atoms with Crippen molar-refractivity contribution in [2.45, 2.75) is 19.4 Å². The average molecular weight is 537 g/mol. The first-order valence-electron chi connectivity index (χ1n) is 12.0. The van der Waals surface area contributed by atoms with Crippen molar-refractivity contribution >= 4 is 34.7 Å². The number of likely N-dealkylation sites (tertiary alicyclic amines) is 1. The van der Waals surface area contributed by atoms with Crippen molar-refractivity contribution < 1.29 is 13.9 Å². The lowest BCUT2D eigenvalue weighted by atomic mass is 10.2. The fraction of sp³-hybridized carbons (Fsp3) is 0.269. The van der Waals surface area contributed by atoms with E-state index in [1.807, 2.05) is 12.1 Å². The minimum atomic E-state index is -0.687. The standard InChI is InChI=1S/C26H26ClFN8O2/c1-37-19-11-20(38-2)24(28)25(23(19)27)35-26-17(12-29-14-33-26)18-10-22(32-15-31-18)34-21-9-16(5-6-30-21)13-36-7-3-4-8-36/h5-6,9-12,14-15H,3-4,7-8,13H2,1-2H3,(H,29,33,35)(H,30,31,32,34). The van der Waals surface area contributed by atoms with Crippen molar-refractivity contribution in [3.8, 4) is 22.8 Å². The van der Waals surface area contributed by atoms with Crippen LogP contribution in [0.5, 0.6) is 11.5 Å². The summed E-state index contributed by atoms with van der Waals surface area (Å²) >= 11 is 6.40. The van der Waals surface area contributed by atoms with Crippen LogP contribution in [-0.2, 0) is 6.54 Å². The normalized spacial score (nSPS) is 13.4. The van der Waals surface area contributed by atoms with Crippen molar-refractivity contribution in [3.63, 3.8) is 0 Å². The molecule has 5 rings (SSSR count). The summed E-state index contributed by atoms with van der Waals surface area (Å²) in [5.41, 5.74) is 2.14. The van der Waals surface area contributed by atoms with Gasteiger partial charge >= 0.3 is 0 Å². The Morgan fingerprint density at radius 2 is 1.74 bits per heavy atom. The number of hydrogen-bond acceptors (Lipinski definition) is 10. The highest BCUT2D eigenvalue weighted by Gasteiger charge is 2.21. The van der Waals surface area contributed by atoms with Gasteiger partial charge in [-0.3, -0.25) is 4.90 Å². The van der Waals surface area contributed by atoms with Crippen LogP contribution in [0.2, 0.25) is 5.02 Å². The predicted molar refractivity (Wildman–Crippen MR) is 143 cm³/mol. The predicted octanol–water partition coefficient (Wildman–Crippen LogP) is 5.22. The quantitative estimate of drug-likeness (QED) is 0.295. The highest BCUT2D eigenvalue weighted by molar-refractivity contribution is 6.35. The molecule has 0 spiro atoms. The smallest absolute Gasteiger partial charge is 0.190 e. The Bertz CT molecular complexity index is 1410. The fourth-order valence-corrected chi connectivity index (χ4v) is 4.54. The number of hydrogen-bond donors (Lipinski definition) is 2. The Balaban J connectivity index is 1.41. The largest absolute Gasteiger partial charge is 0.495 e. The van der Waals surface area contributed by atoms with Crippen LogP contribution < -0.4 is 20.1 Å². The first kappa shape index (κ1) is 25.6. The Kier molecular flexibility index (Phi) is 7.75. The molecule has 0 bridgehead atoms. The first-order valence-corrected chi connectivity index (χ1v) is 12.4. The third-order valence-electron chi connectivity index (χ3n) is 6.16. The van der Waals surface area contributed by atoms with Crippen molar-refractivity contribution in [1.29, 1.82) is 0 Å². The SMILES string of the molecule is COc1cc(OC)c(Cl)c(Nc2ncncc2-c2cc(Nc3cc(CN4CCCC4)ccn3)ncn2)c1F. The summed E-state index contributed by atoms with van der Waals surface area (Å²) in [6.45, 7) is 3.12. The zero-order valence-electron chi connectivity index (χ0n) is 20.9. The maximum atomic E-state index is 15.1. The molecule has 38 heavy (non-hydrogen) atoms. The number of ether oxygens (including phenoxy) is 2. The van der Waals surface area contributed by atoms with Gasteiger partial charge in [-0.25, -0.2) is 29.3 Å². The minimum Gasteiger partial charge on any atom is -0.495 e. The van der Waals surface area contributed by atoms with E-state index in [9.17, 15) is 0 Å². The molecular weight excluding hydrogens is 511 g/mol. The van der Waals surface area contributed by atoms with Gasteiger partial charge in [0.15, 0.2) is 11.6 Å². The summed E-state index contributed by atoms with van der Waals surface area (Å²) < 4.78 is 25.5. The molecule has 1 aliphatic heterocycles. The molecule has 4 heterocycles. The number of rotatable bonds is 9. The number of anilines is 4. The van der Waals surface area contributed by atoms with Gasteiger partial charge in [-0.1, -0.05) is 11.6 Å². The second kappa shape index (κ2) is 11.5. The third-order valence-corrected chi connectivity index (χ3v) is 6.53. The van der Waals surface area contributed by atoms with Gasteiger partial charge in [0.2, 0.25) is 0 Å². The van der Waals surface area contributed by atoms with Crippen molar-refractivity contribution in [1.82, 2.24) is 29.8 Å². The lowest BCUT2D eigenvalue weighted by molar-refractivity contribution is 0.331. The van der Waals surface area contributed by atoms with Gasteiger partial charge < -0.3 is 20.1 Å². The highest BCUT2D eigenvalue weighted by atomic mass is 35.5. The molecule has 12 heteroatoms. The molecule has 10 nitrogen and oxygen atoms in total. The molecule has 1 fully saturated rings. The second-order valence-corrected chi connectivity index (χ2v) is 9.02. The molecule has 0 radical (unpaired) electrons. The summed E-state index contributed by atoms with van der Waals surface area (Å²) in [4.78, 5) is 24.0. The first-order chi connectivity index (χ1) is 18.6. The van der Waals surface area contributed by atoms with E-state index in [1.54, 1.807) is 18.5 Å². The van der Waals surface area contributed by atoms with Gasteiger partial charge in [0.1, 0.15) is 46.6 Å². The molecule has 1 aromatic carbocycles. The molecule has 3 aromatic heterocycles. The lowest BCUT2D eigenvalue weighted by Gasteiger charge is -2.16. The Morgan fingerprint density at radius 3 is 2.53 bits per heavy atom. The molecule has 0 aliphatic carbocycles. The number of methoxy groups -OCH3 is 2. The molecule has 0 saturated carbocycles.